The second-order valence-electron chi connectivity index (χ2n) is 5.65. The Labute approximate surface area is 137 Å². The third-order valence-electron chi connectivity index (χ3n) is 3.18. The Balaban J connectivity index is 0.00000441. The van der Waals surface area contributed by atoms with Gasteiger partial charge in [-0.2, -0.15) is 0 Å². The first-order valence-corrected chi connectivity index (χ1v) is 7.35. The maximum atomic E-state index is 12.9. The molecule has 0 spiro atoms. The number of aliphatic hydroxyl groups is 1. The molecule has 4 nitrogen and oxygen atoms in total. The van der Waals surface area contributed by atoms with Crippen molar-refractivity contribution in [1.29, 1.82) is 0 Å². The summed E-state index contributed by atoms with van der Waals surface area (Å²) in [7, 11) is 0. The summed E-state index contributed by atoms with van der Waals surface area (Å²) in [6.07, 6.45) is 0.213. The summed E-state index contributed by atoms with van der Waals surface area (Å²) < 4.78 is 12.9. The van der Waals surface area contributed by atoms with Crippen LogP contribution < -0.4 is 5.73 Å². The summed E-state index contributed by atoms with van der Waals surface area (Å²) >= 11 is 0. The molecule has 1 rings (SSSR count). The average molecular weight is 333 g/mol. The van der Waals surface area contributed by atoms with Gasteiger partial charge >= 0.3 is 0 Å². The van der Waals surface area contributed by atoms with Gasteiger partial charge in [0, 0.05) is 13.0 Å². The minimum atomic E-state index is -0.814. The second kappa shape index (κ2) is 10.5. The standard InChI is InChI=1S/C16H25FN2O2.ClH/c1-12(2)10-19(16(21)4-3-9-18)11-15(20)13-5-7-14(17)8-6-13;/h5-8,12,15,20H,3-4,9-11,18H2,1-2H3;1H. The Kier molecular flexibility index (Phi) is 9.98. The molecule has 1 unspecified atom stereocenters. The SMILES string of the molecule is CC(C)CN(CC(O)c1ccc(F)cc1)C(=O)CCCN.Cl. The van der Waals surface area contributed by atoms with E-state index in [1.165, 1.54) is 24.3 Å². The molecule has 6 heteroatoms. The second-order valence-corrected chi connectivity index (χ2v) is 5.65. The number of benzene rings is 1. The highest BCUT2D eigenvalue weighted by Crippen LogP contribution is 2.16. The van der Waals surface area contributed by atoms with E-state index in [0.717, 1.165) is 0 Å². The summed E-state index contributed by atoms with van der Waals surface area (Å²) in [6.45, 7) is 5.32. The van der Waals surface area contributed by atoms with Gasteiger partial charge in [0.2, 0.25) is 5.91 Å². The van der Waals surface area contributed by atoms with Crippen LogP contribution in [0.4, 0.5) is 4.39 Å². The van der Waals surface area contributed by atoms with Crippen LogP contribution in [0.1, 0.15) is 38.4 Å². The number of rotatable bonds is 8. The molecule has 0 aromatic heterocycles. The zero-order chi connectivity index (χ0) is 15.8. The van der Waals surface area contributed by atoms with E-state index in [1.807, 2.05) is 13.8 Å². The van der Waals surface area contributed by atoms with E-state index < -0.39 is 6.10 Å². The molecule has 1 atom stereocenters. The Morgan fingerprint density at radius 3 is 2.36 bits per heavy atom. The zero-order valence-electron chi connectivity index (χ0n) is 13.2. The molecule has 0 aliphatic heterocycles. The molecule has 22 heavy (non-hydrogen) atoms. The third kappa shape index (κ3) is 7.20. The third-order valence-corrected chi connectivity index (χ3v) is 3.18. The number of halogens is 2. The fraction of sp³-hybridized carbons (Fsp3) is 0.562. The molecular weight excluding hydrogens is 307 g/mol. The highest BCUT2D eigenvalue weighted by molar-refractivity contribution is 5.85. The molecule has 0 bridgehead atoms. The van der Waals surface area contributed by atoms with Crippen molar-refractivity contribution in [3.63, 3.8) is 0 Å². The lowest BCUT2D eigenvalue weighted by Crippen LogP contribution is -2.37. The van der Waals surface area contributed by atoms with E-state index in [-0.39, 0.29) is 30.7 Å². The van der Waals surface area contributed by atoms with E-state index in [4.69, 9.17) is 5.73 Å². The molecule has 126 valence electrons. The van der Waals surface area contributed by atoms with Crippen molar-refractivity contribution in [3.8, 4) is 0 Å². The molecule has 0 fully saturated rings. The van der Waals surface area contributed by atoms with Gasteiger partial charge < -0.3 is 15.7 Å². The van der Waals surface area contributed by atoms with Crippen molar-refractivity contribution in [2.75, 3.05) is 19.6 Å². The van der Waals surface area contributed by atoms with Crippen molar-refractivity contribution >= 4 is 18.3 Å². The summed E-state index contributed by atoms with van der Waals surface area (Å²) in [4.78, 5) is 13.8. The number of nitrogens with zero attached hydrogens (tertiary/aromatic N) is 1. The number of carbonyl (C=O) groups is 1. The van der Waals surface area contributed by atoms with E-state index in [0.29, 0.717) is 37.4 Å². The molecule has 3 N–H and O–H groups in total. The number of nitrogens with two attached hydrogens (primary N) is 1. The van der Waals surface area contributed by atoms with E-state index in [2.05, 4.69) is 0 Å². The van der Waals surface area contributed by atoms with Crippen LogP contribution >= 0.6 is 12.4 Å². The number of hydrogen-bond donors (Lipinski definition) is 2. The van der Waals surface area contributed by atoms with Gasteiger partial charge in [0.15, 0.2) is 0 Å². The fourth-order valence-electron chi connectivity index (χ4n) is 2.13. The van der Waals surface area contributed by atoms with Crippen LogP contribution in [0.5, 0.6) is 0 Å². The van der Waals surface area contributed by atoms with Gasteiger partial charge in [0.1, 0.15) is 5.82 Å². The quantitative estimate of drug-likeness (QED) is 0.768. The Bertz CT molecular complexity index is 440. The molecule has 0 saturated heterocycles. The normalized spacial score (nSPS) is 11.9. The molecule has 0 heterocycles. The highest BCUT2D eigenvalue weighted by Gasteiger charge is 2.19. The van der Waals surface area contributed by atoms with Gasteiger partial charge in [0.05, 0.1) is 12.6 Å². The summed E-state index contributed by atoms with van der Waals surface area (Å²) in [5.74, 6) is -0.0356. The highest BCUT2D eigenvalue weighted by atomic mass is 35.5. The molecular formula is C16H26ClFN2O2. The van der Waals surface area contributed by atoms with Gasteiger partial charge in [-0.3, -0.25) is 4.79 Å². The van der Waals surface area contributed by atoms with Crippen molar-refractivity contribution in [3.05, 3.63) is 35.6 Å². The van der Waals surface area contributed by atoms with Gasteiger partial charge in [-0.05, 0) is 36.6 Å². The van der Waals surface area contributed by atoms with Crippen LogP contribution in [0.15, 0.2) is 24.3 Å². The lowest BCUT2D eigenvalue weighted by molar-refractivity contribution is -0.133. The largest absolute Gasteiger partial charge is 0.387 e. The molecule has 1 aromatic rings. The number of amides is 1. The van der Waals surface area contributed by atoms with Gasteiger partial charge in [-0.1, -0.05) is 26.0 Å². The van der Waals surface area contributed by atoms with Crippen LogP contribution in [0.25, 0.3) is 0 Å². The number of carbonyl (C=O) groups excluding carboxylic acids is 1. The van der Waals surface area contributed by atoms with Crippen LogP contribution in [0.2, 0.25) is 0 Å². The van der Waals surface area contributed by atoms with Crippen LogP contribution in [-0.4, -0.2) is 35.5 Å². The monoisotopic (exact) mass is 332 g/mol. The van der Waals surface area contributed by atoms with Crippen molar-refractivity contribution < 1.29 is 14.3 Å². The molecule has 0 aliphatic rings. The van der Waals surface area contributed by atoms with E-state index in [9.17, 15) is 14.3 Å². The summed E-state index contributed by atoms with van der Waals surface area (Å²) in [5, 5.41) is 10.2. The first-order chi connectivity index (χ1) is 9.93. The topological polar surface area (TPSA) is 66.6 Å². The summed E-state index contributed by atoms with van der Waals surface area (Å²) in [6, 6.07) is 5.69. The lowest BCUT2D eigenvalue weighted by atomic mass is 10.1. The van der Waals surface area contributed by atoms with Crippen molar-refractivity contribution in [2.45, 2.75) is 32.8 Å². The molecule has 1 amide bonds. The maximum absolute atomic E-state index is 12.9. The number of hydrogen-bond acceptors (Lipinski definition) is 3. The van der Waals surface area contributed by atoms with Crippen LogP contribution in [-0.2, 0) is 4.79 Å². The number of aliphatic hydroxyl groups excluding tert-OH is 1. The predicted octanol–water partition coefficient (Wildman–Crippen LogP) is 2.50. The van der Waals surface area contributed by atoms with Gasteiger partial charge in [0.25, 0.3) is 0 Å². The first kappa shape index (κ1) is 20.8. The zero-order valence-corrected chi connectivity index (χ0v) is 14.0. The minimum absolute atomic E-state index is 0. The molecule has 0 saturated carbocycles. The van der Waals surface area contributed by atoms with Crippen LogP contribution in [0, 0.1) is 11.7 Å². The smallest absolute Gasteiger partial charge is 0.222 e. The van der Waals surface area contributed by atoms with Gasteiger partial charge in [-0.25, -0.2) is 4.39 Å². The Morgan fingerprint density at radius 1 is 1.27 bits per heavy atom. The fourth-order valence-corrected chi connectivity index (χ4v) is 2.13. The average Bonchev–Trinajstić information content (AvgIpc) is 2.44. The Hall–Kier alpha value is -1.17. The van der Waals surface area contributed by atoms with Gasteiger partial charge in [-0.15, -0.1) is 12.4 Å². The molecule has 0 radical (unpaired) electrons. The predicted molar refractivity (Wildman–Crippen MR) is 88.3 cm³/mol. The summed E-state index contributed by atoms with van der Waals surface area (Å²) in [5.41, 5.74) is 6.04. The first-order valence-electron chi connectivity index (χ1n) is 7.35. The van der Waals surface area contributed by atoms with Crippen molar-refractivity contribution in [1.82, 2.24) is 4.90 Å². The van der Waals surface area contributed by atoms with Crippen LogP contribution in [0.3, 0.4) is 0 Å². The minimum Gasteiger partial charge on any atom is -0.387 e. The van der Waals surface area contributed by atoms with E-state index in [1.54, 1.807) is 4.90 Å². The lowest BCUT2D eigenvalue weighted by Gasteiger charge is -2.27. The maximum Gasteiger partial charge on any atom is 0.222 e. The van der Waals surface area contributed by atoms with Crippen molar-refractivity contribution in [2.24, 2.45) is 11.7 Å². The Morgan fingerprint density at radius 2 is 1.86 bits per heavy atom. The van der Waals surface area contributed by atoms with E-state index >= 15 is 0 Å². The molecule has 1 aromatic carbocycles. The molecule has 0 aliphatic carbocycles.